The second kappa shape index (κ2) is 7.49. The molecule has 0 aliphatic heterocycles. The minimum absolute atomic E-state index is 0.186. The van der Waals surface area contributed by atoms with E-state index < -0.39 is 0 Å². The summed E-state index contributed by atoms with van der Waals surface area (Å²) in [4.78, 5) is 20.0. The maximum atomic E-state index is 11.9. The molecule has 0 atom stereocenters. The standard InChI is InChI=1S/C13H12Cl2N4OS/c14-8-6-9(15)12(10(16)7-8)19-11(20)2-5-21-13-17-3-1-4-18-13/h1,3-4,6-7H,2,5,16H2,(H,19,20). The predicted molar refractivity (Wildman–Crippen MR) is 86.9 cm³/mol. The first-order valence-electron chi connectivity index (χ1n) is 6.00. The van der Waals surface area contributed by atoms with Crippen molar-refractivity contribution >= 4 is 52.2 Å². The number of halogens is 2. The Kier molecular flexibility index (Phi) is 5.67. The number of carbonyl (C=O) groups excluding carboxylic acids is 1. The summed E-state index contributed by atoms with van der Waals surface area (Å²) in [5.74, 6) is 0.371. The van der Waals surface area contributed by atoms with E-state index in [9.17, 15) is 4.79 Å². The highest BCUT2D eigenvalue weighted by Gasteiger charge is 2.11. The fourth-order valence-corrected chi connectivity index (χ4v) is 2.82. The molecule has 0 unspecified atom stereocenters. The summed E-state index contributed by atoms with van der Waals surface area (Å²) in [6, 6.07) is 4.80. The van der Waals surface area contributed by atoms with Crippen LogP contribution in [0.15, 0.2) is 35.7 Å². The van der Waals surface area contributed by atoms with Crippen molar-refractivity contribution in [2.24, 2.45) is 0 Å². The van der Waals surface area contributed by atoms with Gasteiger partial charge in [0.15, 0.2) is 5.16 Å². The Bertz CT molecular complexity index is 616. The summed E-state index contributed by atoms with van der Waals surface area (Å²) < 4.78 is 0. The third kappa shape index (κ3) is 4.77. The third-order valence-corrected chi connectivity index (χ3v) is 3.85. The first kappa shape index (κ1) is 15.9. The van der Waals surface area contributed by atoms with Crippen LogP contribution in [-0.2, 0) is 4.79 Å². The molecule has 0 radical (unpaired) electrons. The average Bonchev–Trinajstić information content (AvgIpc) is 2.44. The molecular formula is C13H12Cl2N4OS. The maximum absolute atomic E-state index is 11.9. The van der Waals surface area contributed by atoms with E-state index in [0.717, 1.165) is 0 Å². The van der Waals surface area contributed by atoms with E-state index in [1.807, 2.05) is 0 Å². The molecule has 0 saturated carbocycles. The Balaban J connectivity index is 1.88. The predicted octanol–water partition coefficient (Wildman–Crippen LogP) is 3.49. The van der Waals surface area contributed by atoms with Gasteiger partial charge in [-0.3, -0.25) is 4.79 Å². The van der Waals surface area contributed by atoms with Crippen molar-refractivity contribution < 1.29 is 4.79 Å². The van der Waals surface area contributed by atoms with Gasteiger partial charge in [0, 0.05) is 29.6 Å². The van der Waals surface area contributed by atoms with Gasteiger partial charge in [0.1, 0.15) is 0 Å². The molecule has 8 heteroatoms. The zero-order valence-corrected chi connectivity index (χ0v) is 13.2. The van der Waals surface area contributed by atoms with Crippen LogP contribution < -0.4 is 11.1 Å². The molecule has 21 heavy (non-hydrogen) atoms. The molecule has 0 bridgehead atoms. The number of nitrogen functional groups attached to an aromatic ring is 1. The van der Waals surface area contributed by atoms with Crippen LogP contribution in [0.25, 0.3) is 0 Å². The van der Waals surface area contributed by atoms with Crippen LogP contribution in [-0.4, -0.2) is 21.6 Å². The summed E-state index contributed by atoms with van der Waals surface area (Å²) in [6.45, 7) is 0. The van der Waals surface area contributed by atoms with Gasteiger partial charge in [0.2, 0.25) is 5.91 Å². The molecule has 110 valence electrons. The molecule has 0 saturated heterocycles. The summed E-state index contributed by atoms with van der Waals surface area (Å²) in [5.41, 5.74) is 6.50. The van der Waals surface area contributed by atoms with Crippen molar-refractivity contribution in [1.82, 2.24) is 9.97 Å². The van der Waals surface area contributed by atoms with Crippen molar-refractivity contribution in [3.05, 3.63) is 40.6 Å². The molecule has 3 N–H and O–H groups in total. The highest BCUT2D eigenvalue weighted by atomic mass is 35.5. The summed E-state index contributed by atoms with van der Waals surface area (Å²) in [6.07, 6.45) is 3.61. The number of anilines is 2. The van der Waals surface area contributed by atoms with Gasteiger partial charge in [0.25, 0.3) is 0 Å². The Hall–Kier alpha value is -1.50. The summed E-state index contributed by atoms with van der Waals surface area (Å²) in [5, 5.41) is 4.05. The van der Waals surface area contributed by atoms with Gasteiger partial charge >= 0.3 is 0 Å². The topological polar surface area (TPSA) is 80.9 Å². The van der Waals surface area contributed by atoms with Gasteiger partial charge in [-0.25, -0.2) is 9.97 Å². The number of hydrogen-bond acceptors (Lipinski definition) is 5. The zero-order valence-electron chi connectivity index (χ0n) is 10.8. The second-order valence-electron chi connectivity index (χ2n) is 4.03. The number of amides is 1. The van der Waals surface area contributed by atoms with Gasteiger partial charge in [-0.05, 0) is 18.2 Å². The van der Waals surface area contributed by atoms with Crippen molar-refractivity contribution in [1.29, 1.82) is 0 Å². The molecule has 2 aromatic rings. The third-order valence-electron chi connectivity index (χ3n) is 2.45. The lowest BCUT2D eigenvalue weighted by molar-refractivity contribution is -0.115. The monoisotopic (exact) mass is 342 g/mol. The quantitative estimate of drug-likeness (QED) is 0.493. The highest BCUT2D eigenvalue weighted by Crippen LogP contribution is 2.32. The lowest BCUT2D eigenvalue weighted by Gasteiger charge is -2.10. The largest absolute Gasteiger partial charge is 0.397 e. The first-order valence-corrected chi connectivity index (χ1v) is 7.74. The van der Waals surface area contributed by atoms with E-state index in [0.29, 0.717) is 38.8 Å². The molecule has 1 aromatic heterocycles. The number of thioether (sulfide) groups is 1. The number of hydrogen-bond donors (Lipinski definition) is 2. The van der Waals surface area contributed by atoms with Crippen LogP contribution in [0, 0.1) is 0 Å². The molecule has 1 aromatic carbocycles. The van der Waals surface area contributed by atoms with Crippen LogP contribution in [0.3, 0.4) is 0 Å². The van der Waals surface area contributed by atoms with Crippen molar-refractivity contribution in [2.75, 3.05) is 16.8 Å². The minimum Gasteiger partial charge on any atom is -0.397 e. The smallest absolute Gasteiger partial charge is 0.225 e. The van der Waals surface area contributed by atoms with E-state index in [1.165, 1.54) is 23.9 Å². The number of nitrogens with two attached hydrogens (primary N) is 1. The number of nitrogens with one attached hydrogen (secondary N) is 1. The van der Waals surface area contributed by atoms with Crippen LogP contribution >= 0.6 is 35.0 Å². The number of rotatable bonds is 5. The average molecular weight is 343 g/mol. The van der Waals surface area contributed by atoms with Crippen LogP contribution in [0.2, 0.25) is 10.0 Å². The Labute approximate surface area is 136 Å². The molecule has 0 aliphatic rings. The van der Waals surface area contributed by atoms with Crippen molar-refractivity contribution in [2.45, 2.75) is 11.6 Å². The van der Waals surface area contributed by atoms with Gasteiger partial charge in [-0.1, -0.05) is 35.0 Å². The number of benzene rings is 1. The van der Waals surface area contributed by atoms with Crippen LogP contribution in [0.1, 0.15) is 6.42 Å². The van der Waals surface area contributed by atoms with E-state index in [2.05, 4.69) is 15.3 Å². The number of carbonyl (C=O) groups is 1. The molecule has 1 heterocycles. The molecule has 2 rings (SSSR count). The Morgan fingerprint density at radius 3 is 2.67 bits per heavy atom. The number of aromatic nitrogens is 2. The lowest BCUT2D eigenvalue weighted by atomic mass is 10.2. The summed E-state index contributed by atoms with van der Waals surface area (Å²) >= 11 is 13.2. The van der Waals surface area contributed by atoms with Gasteiger partial charge in [-0.2, -0.15) is 0 Å². The van der Waals surface area contributed by atoms with Gasteiger partial charge in [-0.15, -0.1) is 0 Å². The zero-order chi connectivity index (χ0) is 15.2. The van der Waals surface area contributed by atoms with E-state index >= 15 is 0 Å². The normalized spacial score (nSPS) is 10.4. The molecule has 5 nitrogen and oxygen atoms in total. The van der Waals surface area contributed by atoms with Crippen molar-refractivity contribution in [3.8, 4) is 0 Å². The van der Waals surface area contributed by atoms with E-state index in [-0.39, 0.29) is 5.91 Å². The van der Waals surface area contributed by atoms with Gasteiger partial charge < -0.3 is 11.1 Å². The number of nitrogens with zero attached hydrogens (tertiary/aromatic N) is 2. The molecule has 1 amide bonds. The summed E-state index contributed by atoms with van der Waals surface area (Å²) in [7, 11) is 0. The minimum atomic E-state index is -0.186. The molecule has 0 spiro atoms. The molecule has 0 aliphatic carbocycles. The van der Waals surface area contributed by atoms with E-state index in [4.69, 9.17) is 28.9 Å². The fraction of sp³-hybridized carbons (Fsp3) is 0.154. The van der Waals surface area contributed by atoms with E-state index in [1.54, 1.807) is 18.5 Å². The van der Waals surface area contributed by atoms with Crippen LogP contribution in [0.5, 0.6) is 0 Å². The Morgan fingerprint density at radius 2 is 2.00 bits per heavy atom. The Morgan fingerprint density at radius 1 is 1.29 bits per heavy atom. The van der Waals surface area contributed by atoms with Gasteiger partial charge in [0.05, 0.1) is 16.4 Å². The first-order chi connectivity index (χ1) is 10.1. The second-order valence-corrected chi connectivity index (χ2v) is 5.94. The highest BCUT2D eigenvalue weighted by molar-refractivity contribution is 7.99. The fourth-order valence-electron chi connectivity index (χ4n) is 1.52. The van der Waals surface area contributed by atoms with Crippen LogP contribution in [0.4, 0.5) is 11.4 Å². The maximum Gasteiger partial charge on any atom is 0.225 e. The lowest BCUT2D eigenvalue weighted by Crippen LogP contribution is -2.14. The SMILES string of the molecule is Nc1cc(Cl)cc(Cl)c1NC(=O)CCSc1ncccn1. The molecule has 0 fully saturated rings. The molecular weight excluding hydrogens is 331 g/mol. The van der Waals surface area contributed by atoms with Crippen molar-refractivity contribution in [3.63, 3.8) is 0 Å².